The molecular formula is C32H28ClN3O3S2. The molecule has 9 heteroatoms. The fourth-order valence-corrected chi connectivity index (χ4v) is 8.13. The van der Waals surface area contributed by atoms with E-state index >= 15 is 0 Å². The molecule has 1 aliphatic heterocycles. The number of fused-ring (bicyclic) bond motifs is 1. The Morgan fingerprint density at radius 2 is 1.32 bits per heavy atom. The minimum atomic E-state index is -3.69. The molecule has 2 heterocycles. The summed E-state index contributed by atoms with van der Waals surface area (Å²) in [6, 6.07) is 34.6. The van der Waals surface area contributed by atoms with Gasteiger partial charge >= 0.3 is 0 Å². The van der Waals surface area contributed by atoms with Gasteiger partial charge in [0.2, 0.25) is 10.0 Å². The molecule has 6 nitrogen and oxygen atoms in total. The van der Waals surface area contributed by atoms with Gasteiger partial charge in [0.15, 0.2) is 0 Å². The lowest BCUT2D eigenvalue weighted by atomic mass is 9.96. The fourth-order valence-electron chi connectivity index (χ4n) is 5.29. The smallest absolute Gasteiger partial charge is 0.267 e. The van der Waals surface area contributed by atoms with Crippen LogP contribution in [-0.4, -0.2) is 49.7 Å². The molecule has 41 heavy (non-hydrogen) atoms. The van der Waals surface area contributed by atoms with Crippen molar-refractivity contribution in [2.45, 2.75) is 10.9 Å². The molecule has 1 amide bonds. The lowest BCUT2D eigenvalue weighted by Crippen LogP contribution is -2.49. The molecule has 0 spiro atoms. The number of nitrogens with one attached hydrogen (secondary N) is 1. The number of thiophene rings is 1. The van der Waals surface area contributed by atoms with Crippen LogP contribution in [0.25, 0.3) is 10.1 Å². The van der Waals surface area contributed by atoms with Crippen molar-refractivity contribution in [2.75, 3.05) is 31.5 Å². The van der Waals surface area contributed by atoms with Crippen molar-refractivity contribution in [3.63, 3.8) is 0 Å². The number of carbonyl (C=O) groups excluding carboxylic acids is 1. The highest BCUT2D eigenvalue weighted by Gasteiger charge is 2.32. The Labute approximate surface area is 248 Å². The molecule has 1 fully saturated rings. The summed E-state index contributed by atoms with van der Waals surface area (Å²) in [7, 11) is -3.69. The van der Waals surface area contributed by atoms with Gasteiger partial charge in [-0.2, -0.15) is 4.31 Å². The van der Waals surface area contributed by atoms with E-state index in [1.165, 1.54) is 22.5 Å². The van der Waals surface area contributed by atoms with Crippen molar-refractivity contribution in [3.8, 4) is 0 Å². The van der Waals surface area contributed by atoms with E-state index < -0.39 is 10.0 Å². The van der Waals surface area contributed by atoms with Crippen molar-refractivity contribution in [1.29, 1.82) is 0 Å². The first-order valence-corrected chi connectivity index (χ1v) is 16.0. The monoisotopic (exact) mass is 601 g/mol. The molecule has 1 aromatic heterocycles. The maximum Gasteiger partial charge on any atom is 0.267 e. The molecule has 6 rings (SSSR count). The number of anilines is 1. The van der Waals surface area contributed by atoms with Gasteiger partial charge in [-0.1, -0.05) is 90.5 Å². The van der Waals surface area contributed by atoms with Crippen LogP contribution in [0.1, 0.15) is 26.8 Å². The van der Waals surface area contributed by atoms with E-state index in [0.717, 1.165) is 10.1 Å². The molecule has 0 aliphatic carbocycles. The average Bonchev–Trinajstić information content (AvgIpc) is 3.35. The third-order valence-corrected chi connectivity index (χ3v) is 10.9. The van der Waals surface area contributed by atoms with Crippen LogP contribution in [-0.2, 0) is 10.0 Å². The van der Waals surface area contributed by atoms with E-state index in [1.807, 2.05) is 60.7 Å². The average molecular weight is 602 g/mol. The van der Waals surface area contributed by atoms with E-state index in [9.17, 15) is 13.2 Å². The van der Waals surface area contributed by atoms with Gasteiger partial charge in [0.05, 0.1) is 16.0 Å². The number of carbonyl (C=O) groups is 1. The highest BCUT2D eigenvalue weighted by Crippen LogP contribution is 2.36. The molecule has 0 atom stereocenters. The zero-order valence-corrected chi connectivity index (χ0v) is 24.5. The Kier molecular flexibility index (Phi) is 7.92. The molecule has 1 aliphatic rings. The number of halogens is 1. The summed E-state index contributed by atoms with van der Waals surface area (Å²) < 4.78 is 29.5. The quantitative estimate of drug-likeness (QED) is 0.220. The van der Waals surface area contributed by atoms with Crippen LogP contribution < -0.4 is 5.32 Å². The van der Waals surface area contributed by atoms with Gasteiger partial charge in [-0.15, -0.1) is 11.3 Å². The van der Waals surface area contributed by atoms with E-state index in [-0.39, 0.29) is 16.8 Å². The zero-order chi connectivity index (χ0) is 28.4. The highest BCUT2D eigenvalue weighted by atomic mass is 35.5. The molecule has 1 N–H and O–H groups in total. The number of nitrogens with zero attached hydrogens (tertiary/aromatic N) is 2. The SMILES string of the molecule is O=C(Nc1ccc(S(=O)(=O)N2CCN(C(c3ccccc3)c3ccccc3)CC2)cc1)c1sc2ccccc2c1Cl. The summed E-state index contributed by atoms with van der Waals surface area (Å²) >= 11 is 7.78. The standard InChI is InChI=1S/C32H28ClN3O3S2/c33-29-27-13-7-8-14-28(27)40-31(29)32(37)34-25-15-17-26(18-16-25)41(38,39)36-21-19-35(20-22-36)30(23-9-3-1-4-10-23)24-11-5-2-6-12-24/h1-18,30H,19-22H2,(H,34,37). The number of hydrogen-bond acceptors (Lipinski definition) is 5. The first-order chi connectivity index (χ1) is 19.9. The molecular weight excluding hydrogens is 574 g/mol. The maximum absolute atomic E-state index is 13.5. The van der Waals surface area contributed by atoms with Gasteiger partial charge in [-0.3, -0.25) is 9.69 Å². The number of rotatable bonds is 7. The normalized spacial score (nSPS) is 14.9. The van der Waals surface area contributed by atoms with Crippen molar-refractivity contribution in [2.24, 2.45) is 0 Å². The fraction of sp³-hybridized carbons (Fsp3) is 0.156. The van der Waals surface area contributed by atoms with Gasteiger partial charge < -0.3 is 5.32 Å². The van der Waals surface area contributed by atoms with Gasteiger partial charge in [0.1, 0.15) is 4.88 Å². The van der Waals surface area contributed by atoms with Crippen molar-refractivity contribution < 1.29 is 13.2 Å². The van der Waals surface area contributed by atoms with Crippen LogP contribution in [0.4, 0.5) is 5.69 Å². The summed E-state index contributed by atoms with van der Waals surface area (Å²) in [5, 5.41) is 4.10. The Hall–Kier alpha value is -3.53. The molecule has 1 saturated heterocycles. The molecule has 0 saturated carbocycles. The first kappa shape index (κ1) is 27.6. The summed E-state index contributed by atoms with van der Waals surface area (Å²) in [5.41, 5.74) is 2.87. The number of sulfonamides is 1. The minimum absolute atomic E-state index is 0.0552. The predicted molar refractivity (Wildman–Crippen MR) is 166 cm³/mol. The molecule has 0 bridgehead atoms. The Balaban J connectivity index is 1.14. The molecule has 5 aromatic rings. The second-order valence-electron chi connectivity index (χ2n) is 9.88. The van der Waals surface area contributed by atoms with Crippen LogP contribution in [0.2, 0.25) is 5.02 Å². The van der Waals surface area contributed by atoms with Crippen LogP contribution in [0.5, 0.6) is 0 Å². The summed E-state index contributed by atoms with van der Waals surface area (Å²) in [6.45, 7) is 2.00. The van der Waals surface area contributed by atoms with Crippen LogP contribution in [0, 0.1) is 0 Å². The van der Waals surface area contributed by atoms with Crippen LogP contribution in [0.3, 0.4) is 0 Å². The zero-order valence-electron chi connectivity index (χ0n) is 22.1. The summed E-state index contributed by atoms with van der Waals surface area (Å²) in [4.78, 5) is 15.9. The first-order valence-electron chi connectivity index (χ1n) is 13.3. The maximum atomic E-state index is 13.5. The minimum Gasteiger partial charge on any atom is -0.321 e. The highest BCUT2D eigenvalue weighted by molar-refractivity contribution is 7.89. The number of benzene rings is 4. The molecule has 0 radical (unpaired) electrons. The Morgan fingerprint density at radius 1 is 0.756 bits per heavy atom. The van der Waals surface area contributed by atoms with E-state index in [4.69, 9.17) is 11.6 Å². The molecule has 0 unspecified atom stereocenters. The molecule has 4 aromatic carbocycles. The van der Waals surface area contributed by atoms with Gasteiger partial charge in [-0.25, -0.2) is 8.42 Å². The largest absolute Gasteiger partial charge is 0.321 e. The van der Waals surface area contributed by atoms with E-state index in [1.54, 1.807) is 28.6 Å². The van der Waals surface area contributed by atoms with Crippen molar-refractivity contribution in [1.82, 2.24) is 9.21 Å². The number of amides is 1. The van der Waals surface area contributed by atoms with Gasteiger partial charge in [0, 0.05) is 42.0 Å². The second-order valence-corrected chi connectivity index (χ2v) is 13.3. The van der Waals surface area contributed by atoms with E-state index in [2.05, 4.69) is 34.5 Å². The Morgan fingerprint density at radius 3 is 1.90 bits per heavy atom. The van der Waals surface area contributed by atoms with Crippen LogP contribution in [0.15, 0.2) is 114 Å². The van der Waals surface area contributed by atoms with E-state index in [0.29, 0.717) is 41.8 Å². The number of piperazine rings is 1. The third-order valence-electron chi connectivity index (χ3n) is 7.36. The van der Waals surface area contributed by atoms with Crippen LogP contribution >= 0.6 is 22.9 Å². The summed E-state index contributed by atoms with van der Waals surface area (Å²) in [5.74, 6) is -0.325. The molecule has 208 valence electrons. The lowest BCUT2D eigenvalue weighted by molar-refractivity contribution is 0.103. The lowest BCUT2D eigenvalue weighted by Gasteiger charge is -2.39. The van der Waals surface area contributed by atoms with Gasteiger partial charge in [-0.05, 0) is 41.5 Å². The number of hydrogen-bond donors (Lipinski definition) is 1. The predicted octanol–water partition coefficient (Wildman–Crippen LogP) is 6.90. The second kappa shape index (κ2) is 11.8. The van der Waals surface area contributed by atoms with Crippen molar-refractivity contribution in [3.05, 3.63) is 130 Å². The van der Waals surface area contributed by atoms with Crippen molar-refractivity contribution >= 4 is 54.6 Å². The Bertz CT molecular complexity index is 1730. The van der Waals surface area contributed by atoms with Gasteiger partial charge in [0.25, 0.3) is 5.91 Å². The topological polar surface area (TPSA) is 69.7 Å². The summed E-state index contributed by atoms with van der Waals surface area (Å²) in [6.07, 6.45) is 0. The third kappa shape index (κ3) is 5.66.